The van der Waals surface area contributed by atoms with Gasteiger partial charge in [0.25, 0.3) is 0 Å². The maximum atomic E-state index is 11.7. The minimum atomic E-state index is -2.49. The molecule has 1 unspecified atom stereocenters. The van der Waals surface area contributed by atoms with Crippen LogP contribution in [0.15, 0.2) is 0 Å². The van der Waals surface area contributed by atoms with E-state index in [0.717, 1.165) is 38.6 Å². The van der Waals surface area contributed by atoms with Crippen LogP contribution in [0.5, 0.6) is 0 Å². The molecule has 0 saturated carbocycles. The molecule has 0 radical (unpaired) electrons. The predicted molar refractivity (Wildman–Crippen MR) is 112 cm³/mol. The number of hydrogen-bond acceptors (Lipinski definition) is 3. The molecule has 0 aliphatic carbocycles. The molecule has 0 bridgehead atoms. The van der Waals surface area contributed by atoms with Crippen molar-refractivity contribution in [1.29, 1.82) is 0 Å². The summed E-state index contributed by atoms with van der Waals surface area (Å²) in [5.41, 5.74) is 0. The molecular formula is C19H40NO3PS. The van der Waals surface area contributed by atoms with Gasteiger partial charge < -0.3 is 14.7 Å². The molecule has 0 aliphatic rings. The molecule has 0 aromatic rings. The van der Waals surface area contributed by atoms with E-state index in [1.54, 1.807) is 6.66 Å². The van der Waals surface area contributed by atoms with Crippen molar-refractivity contribution in [1.82, 2.24) is 5.32 Å². The normalized spacial score (nSPS) is 13.6. The summed E-state index contributed by atoms with van der Waals surface area (Å²) in [6.07, 6.45) is 16.2. The average Bonchev–Trinajstić information content (AvgIpc) is 2.54. The van der Waals surface area contributed by atoms with Gasteiger partial charge in [0, 0.05) is 19.6 Å². The Labute approximate surface area is 160 Å². The molecule has 6 heteroatoms. The van der Waals surface area contributed by atoms with Crippen LogP contribution in [0.1, 0.15) is 96.8 Å². The topological polar surface area (TPSA) is 58.6 Å². The van der Waals surface area contributed by atoms with Crippen LogP contribution in [-0.2, 0) is 21.1 Å². The number of unbranched alkanes of at least 4 members (excludes halogenated alkanes) is 11. The van der Waals surface area contributed by atoms with E-state index in [-0.39, 0.29) is 5.91 Å². The highest BCUT2D eigenvalue weighted by molar-refractivity contribution is 8.09. The van der Waals surface area contributed by atoms with Gasteiger partial charge in [0.2, 0.25) is 5.91 Å². The van der Waals surface area contributed by atoms with E-state index in [1.165, 1.54) is 51.4 Å². The van der Waals surface area contributed by atoms with Gasteiger partial charge in [-0.3, -0.25) is 4.79 Å². The molecule has 0 saturated heterocycles. The zero-order valence-electron chi connectivity index (χ0n) is 16.4. The van der Waals surface area contributed by atoms with Crippen LogP contribution in [0.4, 0.5) is 0 Å². The highest BCUT2D eigenvalue weighted by Crippen LogP contribution is 2.37. The summed E-state index contributed by atoms with van der Waals surface area (Å²) in [6, 6.07) is 0. The van der Waals surface area contributed by atoms with E-state index in [9.17, 15) is 9.69 Å². The fourth-order valence-electron chi connectivity index (χ4n) is 2.73. The molecule has 4 nitrogen and oxygen atoms in total. The predicted octanol–water partition coefficient (Wildman–Crippen LogP) is 5.53. The van der Waals surface area contributed by atoms with Crippen LogP contribution in [0.3, 0.4) is 0 Å². The molecule has 2 N–H and O–H groups in total. The van der Waals surface area contributed by atoms with Crippen molar-refractivity contribution in [3.05, 3.63) is 0 Å². The third-order valence-corrected chi connectivity index (χ3v) is 5.21. The standard InChI is InChI=1S/C19H40NO3PS/c1-3-4-5-6-7-8-9-10-13-16-19(21)20-17-14-11-12-15-18-23-24(2,22)25/h3-18H2,1-2H3,(H,20,21)(H,22,25). The maximum absolute atomic E-state index is 11.7. The van der Waals surface area contributed by atoms with Gasteiger partial charge in [-0.1, -0.05) is 71.1 Å². The Hall–Kier alpha value is 0.0400. The summed E-state index contributed by atoms with van der Waals surface area (Å²) >= 11 is 4.81. The molecule has 1 atom stereocenters. The number of carbonyl (C=O) groups excluding carboxylic acids is 1. The Morgan fingerprint density at radius 2 is 1.44 bits per heavy atom. The first-order valence-corrected chi connectivity index (χ1v) is 13.3. The summed E-state index contributed by atoms with van der Waals surface area (Å²) < 4.78 is 5.18. The second kappa shape index (κ2) is 17.5. The van der Waals surface area contributed by atoms with Crippen LogP contribution < -0.4 is 5.32 Å². The molecule has 0 heterocycles. The molecule has 150 valence electrons. The summed E-state index contributed by atoms with van der Waals surface area (Å²) in [6.45, 7) is 2.64. The van der Waals surface area contributed by atoms with Crippen LogP contribution >= 0.6 is 6.49 Å². The Morgan fingerprint density at radius 1 is 0.920 bits per heavy atom. The van der Waals surface area contributed by atoms with Crippen molar-refractivity contribution < 1.29 is 14.2 Å². The smallest absolute Gasteiger partial charge is 0.219 e. The fourth-order valence-corrected chi connectivity index (χ4v) is 3.42. The number of nitrogens with one attached hydrogen (secondary N) is 1. The zero-order chi connectivity index (χ0) is 18.8. The lowest BCUT2D eigenvalue weighted by molar-refractivity contribution is -0.121. The van der Waals surface area contributed by atoms with Crippen LogP contribution in [0.25, 0.3) is 0 Å². The molecule has 0 aromatic heterocycles. The molecule has 0 aromatic carbocycles. The van der Waals surface area contributed by atoms with Gasteiger partial charge in [-0.05, 0) is 31.1 Å². The number of carbonyl (C=O) groups is 1. The molecule has 0 fully saturated rings. The van der Waals surface area contributed by atoms with Gasteiger partial charge in [0.05, 0.1) is 6.61 Å². The lowest BCUT2D eigenvalue weighted by Gasteiger charge is -2.09. The highest BCUT2D eigenvalue weighted by atomic mass is 32.5. The highest BCUT2D eigenvalue weighted by Gasteiger charge is 2.03. The first kappa shape index (κ1) is 25.0. The first-order chi connectivity index (χ1) is 12.0. The van der Waals surface area contributed by atoms with Gasteiger partial charge in [-0.2, -0.15) is 0 Å². The molecule has 0 spiro atoms. The summed E-state index contributed by atoms with van der Waals surface area (Å²) in [5, 5.41) is 3.00. The quantitative estimate of drug-likeness (QED) is 0.237. The van der Waals surface area contributed by atoms with Crippen molar-refractivity contribution in [3.8, 4) is 0 Å². The van der Waals surface area contributed by atoms with E-state index < -0.39 is 6.49 Å². The molecule has 0 rings (SSSR count). The van der Waals surface area contributed by atoms with Gasteiger partial charge in [0.1, 0.15) is 0 Å². The van der Waals surface area contributed by atoms with Crippen LogP contribution in [-0.4, -0.2) is 30.6 Å². The van der Waals surface area contributed by atoms with E-state index in [2.05, 4.69) is 12.2 Å². The Kier molecular flexibility index (Phi) is 17.5. The van der Waals surface area contributed by atoms with E-state index >= 15 is 0 Å². The second-order valence-electron chi connectivity index (χ2n) is 6.98. The van der Waals surface area contributed by atoms with Gasteiger partial charge >= 0.3 is 0 Å². The first-order valence-electron chi connectivity index (χ1n) is 10.2. The minimum Gasteiger partial charge on any atom is -0.356 e. The SMILES string of the molecule is CCCCCCCCCCCC(=O)NCCCCCCOP(C)(O)=S. The van der Waals surface area contributed by atoms with Crippen molar-refractivity contribution in [2.45, 2.75) is 96.8 Å². The Morgan fingerprint density at radius 3 is 2.04 bits per heavy atom. The monoisotopic (exact) mass is 393 g/mol. The van der Waals surface area contributed by atoms with Crippen molar-refractivity contribution in [2.24, 2.45) is 0 Å². The number of hydrogen-bond donors (Lipinski definition) is 2. The van der Waals surface area contributed by atoms with Gasteiger partial charge in [0.15, 0.2) is 6.49 Å². The third-order valence-electron chi connectivity index (χ3n) is 4.23. The van der Waals surface area contributed by atoms with Gasteiger partial charge in [-0.15, -0.1) is 0 Å². The minimum absolute atomic E-state index is 0.193. The van der Waals surface area contributed by atoms with Crippen LogP contribution in [0, 0.1) is 0 Å². The lowest BCUT2D eigenvalue weighted by Crippen LogP contribution is -2.23. The fraction of sp³-hybridized carbons (Fsp3) is 0.947. The molecule has 0 aliphatic heterocycles. The zero-order valence-corrected chi connectivity index (χ0v) is 18.1. The van der Waals surface area contributed by atoms with E-state index in [0.29, 0.717) is 13.0 Å². The Bertz CT molecular complexity index is 361. The summed E-state index contributed by atoms with van der Waals surface area (Å²) in [5.74, 6) is 0.193. The van der Waals surface area contributed by atoms with E-state index in [1.807, 2.05) is 0 Å². The molecular weight excluding hydrogens is 353 g/mol. The number of rotatable bonds is 18. The lowest BCUT2D eigenvalue weighted by atomic mass is 10.1. The summed E-state index contributed by atoms with van der Waals surface area (Å²) in [4.78, 5) is 21.1. The number of amides is 1. The van der Waals surface area contributed by atoms with E-state index in [4.69, 9.17) is 16.3 Å². The second-order valence-corrected chi connectivity index (χ2v) is 10.9. The average molecular weight is 394 g/mol. The Balaban J connectivity index is 3.22. The van der Waals surface area contributed by atoms with Crippen molar-refractivity contribution in [2.75, 3.05) is 19.8 Å². The van der Waals surface area contributed by atoms with Crippen molar-refractivity contribution >= 4 is 24.2 Å². The van der Waals surface area contributed by atoms with Crippen LogP contribution in [0.2, 0.25) is 0 Å². The third kappa shape index (κ3) is 22.0. The molecule has 25 heavy (non-hydrogen) atoms. The largest absolute Gasteiger partial charge is 0.356 e. The van der Waals surface area contributed by atoms with Crippen molar-refractivity contribution in [3.63, 3.8) is 0 Å². The molecule has 1 amide bonds. The maximum Gasteiger partial charge on any atom is 0.219 e. The van der Waals surface area contributed by atoms with Gasteiger partial charge in [-0.25, -0.2) is 0 Å². The summed E-state index contributed by atoms with van der Waals surface area (Å²) in [7, 11) is 0.